The first-order chi connectivity index (χ1) is 11.2. The Morgan fingerprint density at radius 2 is 2.17 bits per heavy atom. The second-order valence-corrected chi connectivity index (χ2v) is 5.36. The van der Waals surface area contributed by atoms with Crippen LogP contribution in [-0.2, 0) is 16.0 Å². The third-order valence-electron chi connectivity index (χ3n) is 3.51. The van der Waals surface area contributed by atoms with Crippen LogP contribution < -0.4 is 0 Å². The Morgan fingerprint density at radius 3 is 2.91 bits per heavy atom. The molecule has 0 amide bonds. The number of carbonyl (C=O) groups is 1. The summed E-state index contributed by atoms with van der Waals surface area (Å²) in [5, 5.41) is 8.48. The Labute approximate surface area is 137 Å². The molecule has 5 nitrogen and oxygen atoms in total. The highest BCUT2D eigenvalue weighted by molar-refractivity contribution is 5.88. The number of unbranched alkanes of at least 4 members (excludes halogenated alkanes) is 1. The predicted molar refractivity (Wildman–Crippen MR) is 90.4 cm³/mol. The van der Waals surface area contributed by atoms with Crippen LogP contribution in [0.5, 0.6) is 0 Å². The van der Waals surface area contributed by atoms with E-state index in [0.717, 1.165) is 41.8 Å². The van der Waals surface area contributed by atoms with Crippen molar-refractivity contribution in [3.63, 3.8) is 0 Å². The number of hydrogen-bond donors (Lipinski definition) is 0. The van der Waals surface area contributed by atoms with Crippen molar-refractivity contribution in [2.45, 2.75) is 40.0 Å². The molecular formula is C18H23N3O2. The molecule has 122 valence electrons. The molecule has 0 aliphatic rings. The van der Waals surface area contributed by atoms with Crippen LogP contribution in [0.15, 0.2) is 30.5 Å². The summed E-state index contributed by atoms with van der Waals surface area (Å²) in [6.07, 6.45) is 8.31. The van der Waals surface area contributed by atoms with Gasteiger partial charge >= 0.3 is 5.97 Å². The smallest absolute Gasteiger partial charge is 0.330 e. The van der Waals surface area contributed by atoms with Crippen LogP contribution in [0.3, 0.4) is 0 Å². The number of ether oxygens (including phenoxy) is 1. The van der Waals surface area contributed by atoms with Crippen LogP contribution in [0, 0.1) is 6.92 Å². The molecule has 0 N–H and O–H groups in total. The molecule has 0 saturated carbocycles. The Hall–Kier alpha value is -2.43. The van der Waals surface area contributed by atoms with Crippen LogP contribution >= 0.6 is 0 Å². The maximum absolute atomic E-state index is 11.5. The summed E-state index contributed by atoms with van der Waals surface area (Å²) in [7, 11) is 0. The van der Waals surface area contributed by atoms with Crippen LogP contribution in [-0.4, -0.2) is 27.6 Å². The van der Waals surface area contributed by atoms with E-state index < -0.39 is 0 Å². The lowest BCUT2D eigenvalue weighted by Crippen LogP contribution is -2.02. The molecule has 0 unspecified atom stereocenters. The molecule has 23 heavy (non-hydrogen) atoms. The molecule has 1 aromatic heterocycles. The van der Waals surface area contributed by atoms with Crippen LogP contribution in [0.2, 0.25) is 0 Å². The van der Waals surface area contributed by atoms with Crippen molar-refractivity contribution < 1.29 is 9.53 Å². The van der Waals surface area contributed by atoms with Gasteiger partial charge in [0, 0.05) is 11.6 Å². The third-order valence-corrected chi connectivity index (χ3v) is 3.51. The summed E-state index contributed by atoms with van der Waals surface area (Å²) in [4.78, 5) is 11.5. The van der Waals surface area contributed by atoms with Gasteiger partial charge in [-0.3, -0.25) is 0 Å². The maximum Gasteiger partial charge on any atom is 0.330 e. The number of esters is 1. The first-order valence-corrected chi connectivity index (χ1v) is 8.01. The molecule has 0 radical (unpaired) electrons. The van der Waals surface area contributed by atoms with Gasteiger partial charge in [-0.15, -0.1) is 5.10 Å². The average Bonchev–Trinajstić information content (AvgIpc) is 2.99. The van der Waals surface area contributed by atoms with Crippen LogP contribution in [0.1, 0.15) is 43.5 Å². The number of aryl methyl sites for hydroxylation is 2. The molecule has 0 atom stereocenters. The van der Waals surface area contributed by atoms with Gasteiger partial charge in [-0.05, 0) is 38.3 Å². The molecule has 0 saturated heterocycles. The molecule has 2 rings (SSSR count). The highest BCUT2D eigenvalue weighted by Crippen LogP contribution is 2.20. The topological polar surface area (TPSA) is 57.0 Å². The molecule has 5 heteroatoms. The van der Waals surface area contributed by atoms with Gasteiger partial charge in [0.2, 0.25) is 0 Å². The highest BCUT2D eigenvalue weighted by atomic mass is 16.5. The second kappa shape index (κ2) is 8.27. The minimum atomic E-state index is -0.345. The molecule has 1 aromatic carbocycles. The van der Waals surface area contributed by atoms with Gasteiger partial charge in [-0.25, -0.2) is 9.48 Å². The Morgan fingerprint density at radius 1 is 1.35 bits per heavy atom. The van der Waals surface area contributed by atoms with Crippen molar-refractivity contribution in [1.82, 2.24) is 15.0 Å². The molecular weight excluding hydrogens is 290 g/mol. The maximum atomic E-state index is 11.5. The fraction of sp³-hybridized carbons (Fsp3) is 0.389. The standard InChI is InChI=1S/C18H23N3O2/c1-4-6-10-16-13-21(20-19-16)18-14(3)8-7-9-15(18)11-12-17(22)23-5-2/h7-9,11-13H,4-6,10H2,1-3H3/b12-11+. The van der Waals surface area contributed by atoms with E-state index >= 15 is 0 Å². The van der Waals surface area contributed by atoms with Gasteiger partial charge in [0.05, 0.1) is 24.2 Å². The van der Waals surface area contributed by atoms with Crippen molar-refractivity contribution in [3.05, 3.63) is 47.3 Å². The Balaban J connectivity index is 2.30. The van der Waals surface area contributed by atoms with Gasteiger partial charge in [-0.1, -0.05) is 36.8 Å². The Bertz CT molecular complexity index is 689. The zero-order valence-electron chi connectivity index (χ0n) is 14.0. The lowest BCUT2D eigenvalue weighted by atomic mass is 10.1. The predicted octanol–water partition coefficient (Wildman–Crippen LogP) is 3.49. The van der Waals surface area contributed by atoms with Crippen LogP contribution in [0.4, 0.5) is 0 Å². The van der Waals surface area contributed by atoms with E-state index in [4.69, 9.17) is 4.74 Å². The normalized spacial score (nSPS) is 11.1. The van der Waals surface area contributed by atoms with Crippen molar-refractivity contribution in [2.24, 2.45) is 0 Å². The highest BCUT2D eigenvalue weighted by Gasteiger charge is 2.09. The summed E-state index contributed by atoms with van der Waals surface area (Å²) in [6, 6.07) is 5.93. The van der Waals surface area contributed by atoms with Gasteiger partial charge in [-0.2, -0.15) is 0 Å². The van der Waals surface area contributed by atoms with Gasteiger partial charge in [0.15, 0.2) is 0 Å². The molecule has 0 spiro atoms. The van der Waals surface area contributed by atoms with Gasteiger partial charge in [0.1, 0.15) is 0 Å². The summed E-state index contributed by atoms with van der Waals surface area (Å²) in [6.45, 7) is 6.33. The van der Waals surface area contributed by atoms with E-state index in [1.165, 1.54) is 6.08 Å². The van der Waals surface area contributed by atoms with E-state index in [1.54, 1.807) is 17.7 Å². The first-order valence-electron chi connectivity index (χ1n) is 8.01. The number of para-hydroxylation sites is 1. The lowest BCUT2D eigenvalue weighted by Gasteiger charge is -2.09. The quantitative estimate of drug-likeness (QED) is 0.580. The summed E-state index contributed by atoms with van der Waals surface area (Å²) in [5.41, 5.74) is 3.90. The van der Waals surface area contributed by atoms with Gasteiger partial charge < -0.3 is 4.74 Å². The van der Waals surface area contributed by atoms with E-state index in [2.05, 4.69) is 17.2 Å². The number of benzene rings is 1. The summed E-state index contributed by atoms with van der Waals surface area (Å²) >= 11 is 0. The zero-order valence-corrected chi connectivity index (χ0v) is 14.0. The first kappa shape index (κ1) is 16.9. The third kappa shape index (κ3) is 4.52. The number of rotatable bonds is 7. The van der Waals surface area contributed by atoms with Crippen molar-refractivity contribution in [1.29, 1.82) is 0 Å². The van der Waals surface area contributed by atoms with Crippen molar-refractivity contribution in [2.75, 3.05) is 6.61 Å². The number of carbonyl (C=O) groups excluding carboxylic acids is 1. The van der Waals surface area contributed by atoms with Crippen LogP contribution in [0.25, 0.3) is 11.8 Å². The van der Waals surface area contributed by atoms with E-state index in [-0.39, 0.29) is 5.97 Å². The Kier molecular flexibility index (Phi) is 6.09. The zero-order chi connectivity index (χ0) is 16.7. The lowest BCUT2D eigenvalue weighted by molar-refractivity contribution is -0.137. The van der Waals surface area contributed by atoms with E-state index in [0.29, 0.717) is 6.61 Å². The largest absolute Gasteiger partial charge is 0.463 e. The minimum Gasteiger partial charge on any atom is -0.463 e. The monoisotopic (exact) mass is 313 g/mol. The molecule has 0 bridgehead atoms. The van der Waals surface area contributed by atoms with Crippen molar-refractivity contribution >= 4 is 12.0 Å². The second-order valence-electron chi connectivity index (χ2n) is 5.36. The molecule has 0 fully saturated rings. The SMILES string of the molecule is CCCCc1cn(-c2c(C)cccc2/C=C/C(=O)OCC)nn1. The fourth-order valence-corrected chi connectivity index (χ4v) is 2.36. The summed E-state index contributed by atoms with van der Waals surface area (Å²) < 4.78 is 6.71. The molecule has 0 aliphatic heterocycles. The van der Waals surface area contributed by atoms with E-state index in [1.807, 2.05) is 31.3 Å². The number of nitrogens with zero attached hydrogens (tertiary/aromatic N) is 3. The number of hydrogen-bond acceptors (Lipinski definition) is 4. The molecule has 0 aliphatic carbocycles. The average molecular weight is 313 g/mol. The fourth-order valence-electron chi connectivity index (χ4n) is 2.36. The molecule has 2 aromatic rings. The molecule has 1 heterocycles. The summed E-state index contributed by atoms with van der Waals surface area (Å²) in [5.74, 6) is -0.345. The minimum absolute atomic E-state index is 0.345. The van der Waals surface area contributed by atoms with Crippen molar-refractivity contribution in [3.8, 4) is 5.69 Å². The number of aromatic nitrogens is 3. The van der Waals surface area contributed by atoms with E-state index in [9.17, 15) is 4.79 Å². The van der Waals surface area contributed by atoms with Gasteiger partial charge in [0.25, 0.3) is 0 Å².